The van der Waals surface area contributed by atoms with Gasteiger partial charge in [0.25, 0.3) is 5.91 Å². The molecule has 4 aromatic rings. The van der Waals surface area contributed by atoms with E-state index in [0.29, 0.717) is 54.3 Å². The van der Waals surface area contributed by atoms with Gasteiger partial charge in [0.05, 0.1) is 28.4 Å². The summed E-state index contributed by atoms with van der Waals surface area (Å²) in [7, 11) is 0. The second kappa shape index (κ2) is 9.25. The Kier molecular flexibility index (Phi) is 6.11. The predicted octanol–water partition coefficient (Wildman–Crippen LogP) is 5.06. The molecule has 36 heavy (non-hydrogen) atoms. The van der Waals surface area contributed by atoms with Crippen LogP contribution in [-0.4, -0.2) is 56.7 Å². The quantitative estimate of drug-likeness (QED) is 0.397. The molecule has 0 spiro atoms. The van der Waals surface area contributed by atoms with Crippen LogP contribution in [0.25, 0.3) is 22.3 Å². The van der Waals surface area contributed by atoms with Crippen molar-refractivity contribution in [2.45, 2.75) is 26.1 Å². The second-order valence-electron chi connectivity index (χ2n) is 9.02. The third-order valence-corrected chi connectivity index (χ3v) is 6.32. The maximum absolute atomic E-state index is 13.7. The molecule has 1 aliphatic rings. The number of halogens is 3. The number of benzene rings is 1. The highest BCUT2D eigenvalue weighted by molar-refractivity contribution is 6.06. The number of amides is 1. The summed E-state index contributed by atoms with van der Waals surface area (Å²) >= 11 is 0. The third-order valence-electron chi connectivity index (χ3n) is 6.32. The summed E-state index contributed by atoms with van der Waals surface area (Å²) in [5.41, 5.74) is 2.01. The fourth-order valence-electron chi connectivity index (χ4n) is 4.38. The lowest BCUT2D eigenvalue weighted by molar-refractivity contribution is -0.137. The highest BCUT2D eigenvalue weighted by Gasteiger charge is 2.31. The van der Waals surface area contributed by atoms with Crippen LogP contribution >= 0.6 is 0 Å². The standard InChI is InChI=1S/C26H25F3N6O/c1-17(2)35-24-21(16-31-35)20(14-22(32-24)18-6-4-3-5-7-18)25(36)34-12-10-33(11-13-34)23-9-8-19(15-30-23)26(27,28)29/h3-9,14-17H,10-13H2,1-2H3. The largest absolute Gasteiger partial charge is 0.417 e. The van der Waals surface area contributed by atoms with Crippen LogP contribution in [0.1, 0.15) is 35.8 Å². The van der Waals surface area contributed by atoms with Gasteiger partial charge in [-0.05, 0) is 32.0 Å². The van der Waals surface area contributed by atoms with Gasteiger partial charge in [-0.1, -0.05) is 30.3 Å². The first-order chi connectivity index (χ1) is 17.2. The minimum absolute atomic E-state index is 0.0729. The summed E-state index contributed by atoms with van der Waals surface area (Å²) in [4.78, 5) is 26.1. The summed E-state index contributed by atoms with van der Waals surface area (Å²) < 4.78 is 40.4. The monoisotopic (exact) mass is 494 g/mol. The summed E-state index contributed by atoms with van der Waals surface area (Å²) in [5.74, 6) is 0.342. The van der Waals surface area contributed by atoms with E-state index >= 15 is 0 Å². The van der Waals surface area contributed by atoms with Gasteiger partial charge >= 0.3 is 6.18 Å². The van der Waals surface area contributed by atoms with E-state index in [4.69, 9.17) is 4.98 Å². The molecule has 186 valence electrons. The van der Waals surface area contributed by atoms with Crippen molar-refractivity contribution in [2.75, 3.05) is 31.1 Å². The lowest BCUT2D eigenvalue weighted by atomic mass is 10.1. The van der Waals surface area contributed by atoms with Crippen LogP contribution in [0.3, 0.4) is 0 Å². The molecule has 1 amide bonds. The molecule has 3 aromatic heterocycles. The van der Waals surface area contributed by atoms with Crippen LogP contribution in [0.2, 0.25) is 0 Å². The molecular weight excluding hydrogens is 469 g/mol. The minimum atomic E-state index is -4.42. The van der Waals surface area contributed by atoms with Gasteiger partial charge in [0.1, 0.15) is 5.82 Å². The first-order valence-electron chi connectivity index (χ1n) is 11.7. The van der Waals surface area contributed by atoms with Crippen LogP contribution in [0.15, 0.2) is 60.9 Å². The Balaban J connectivity index is 1.40. The van der Waals surface area contributed by atoms with Gasteiger partial charge in [0, 0.05) is 44.0 Å². The van der Waals surface area contributed by atoms with Gasteiger partial charge in [0.2, 0.25) is 0 Å². The van der Waals surface area contributed by atoms with Gasteiger partial charge in [-0.25, -0.2) is 14.6 Å². The number of aromatic nitrogens is 4. The molecule has 1 saturated heterocycles. The molecule has 0 N–H and O–H groups in total. The number of carbonyl (C=O) groups excluding carboxylic acids is 1. The van der Waals surface area contributed by atoms with Crippen LogP contribution in [0.4, 0.5) is 19.0 Å². The van der Waals surface area contributed by atoms with Crippen LogP contribution in [0.5, 0.6) is 0 Å². The average molecular weight is 495 g/mol. The molecule has 5 rings (SSSR count). The van der Waals surface area contributed by atoms with Crippen molar-refractivity contribution >= 4 is 22.8 Å². The van der Waals surface area contributed by atoms with E-state index in [0.717, 1.165) is 17.8 Å². The topological polar surface area (TPSA) is 67.2 Å². The molecule has 0 atom stereocenters. The second-order valence-corrected chi connectivity index (χ2v) is 9.02. The summed E-state index contributed by atoms with van der Waals surface area (Å²) in [6.45, 7) is 5.80. The maximum atomic E-state index is 13.7. The highest BCUT2D eigenvalue weighted by Crippen LogP contribution is 2.30. The normalized spacial score (nSPS) is 14.6. The molecule has 1 aromatic carbocycles. The zero-order chi connectivity index (χ0) is 25.4. The Morgan fingerprint density at radius 1 is 0.972 bits per heavy atom. The number of carbonyl (C=O) groups is 1. The number of piperazine rings is 1. The van der Waals surface area contributed by atoms with Crippen LogP contribution in [0, 0.1) is 0 Å². The minimum Gasteiger partial charge on any atom is -0.353 e. The predicted molar refractivity (Wildman–Crippen MR) is 131 cm³/mol. The van der Waals surface area contributed by atoms with Crippen molar-refractivity contribution in [3.8, 4) is 11.3 Å². The molecule has 0 radical (unpaired) electrons. The van der Waals surface area contributed by atoms with E-state index in [-0.39, 0.29) is 11.9 Å². The van der Waals surface area contributed by atoms with Crippen molar-refractivity contribution in [2.24, 2.45) is 0 Å². The number of anilines is 1. The number of hydrogen-bond donors (Lipinski definition) is 0. The van der Waals surface area contributed by atoms with Crippen molar-refractivity contribution < 1.29 is 18.0 Å². The van der Waals surface area contributed by atoms with E-state index in [1.807, 2.05) is 59.8 Å². The van der Waals surface area contributed by atoms with Gasteiger partial charge in [-0.15, -0.1) is 0 Å². The number of hydrogen-bond acceptors (Lipinski definition) is 5. The lowest BCUT2D eigenvalue weighted by Gasteiger charge is -2.35. The Bertz CT molecular complexity index is 1370. The number of fused-ring (bicyclic) bond motifs is 1. The number of nitrogens with zero attached hydrogens (tertiary/aromatic N) is 6. The molecule has 0 bridgehead atoms. The van der Waals surface area contributed by atoms with Gasteiger partial charge < -0.3 is 9.80 Å². The summed E-state index contributed by atoms with van der Waals surface area (Å²) in [6.07, 6.45) is -1.89. The van der Waals surface area contributed by atoms with Gasteiger partial charge in [-0.2, -0.15) is 18.3 Å². The number of pyridine rings is 2. The third kappa shape index (κ3) is 4.50. The van der Waals surface area contributed by atoms with Gasteiger partial charge in [0.15, 0.2) is 5.65 Å². The molecule has 0 saturated carbocycles. The SMILES string of the molecule is CC(C)n1ncc2c(C(=O)N3CCN(c4ccc(C(F)(F)F)cn4)CC3)cc(-c3ccccc3)nc21. The Morgan fingerprint density at radius 2 is 1.69 bits per heavy atom. The van der Waals surface area contributed by atoms with E-state index in [2.05, 4.69) is 10.1 Å². The zero-order valence-corrected chi connectivity index (χ0v) is 19.9. The molecule has 1 fully saturated rings. The molecule has 0 unspecified atom stereocenters. The van der Waals surface area contributed by atoms with Crippen molar-refractivity contribution in [3.63, 3.8) is 0 Å². The first kappa shape index (κ1) is 23.8. The fraction of sp³-hybridized carbons (Fsp3) is 0.308. The van der Waals surface area contributed by atoms with Crippen molar-refractivity contribution in [1.29, 1.82) is 0 Å². The van der Waals surface area contributed by atoms with E-state index < -0.39 is 11.7 Å². The Hall–Kier alpha value is -3.95. The summed E-state index contributed by atoms with van der Waals surface area (Å²) in [6, 6.07) is 14.0. The van der Waals surface area contributed by atoms with Gasteiger partial charge in [-0.3, -0.25) is 4.79 Å². The Morgan fingerprint density at radius 3 is 2.31 bits per heavy atom. The molecular formula is C26H25F3N6O. The van der Waals surface area contributed by atoms with Crippen molar-refractivity contribution in [1.82, 2.24) is 24.6 Å². The van der Waals surface area contributed by atoms with E-state index in [9.17, 15) is 18.0 Å². The Labute approximate surface area is 206 Å². The molecule has 4 heterocycles. The van der Waals surface area contributed by atoms with E-state index in [1.165, 1.54) is 6.07 Å². The molecule has 0 aliphatic carbocycles. The lowest BCUT2D eigenvalue weighted by Crippen LogP contribution is -2.49. The van der Waals surface area contributed by atoms with Crippen LogP contribution in [-0.2, 0) is 6.18 Å². The highest BCUT2D eigenvalue weighted by atomic mass is 19.4. The molecule has 7 nitrogen and oxygen atoms in total. The summed E-state index contributed by atoms with van der Waals surface area (Å²) in [5, 5.41) is 5.18. The zero-order valence-electron chi connectivity index (χ0n) is 19.9. The fourth-order valence-corrected chi connectivity index (χ4v) is 4.38. The number of alkyl halides is 3. The van der Waals surface area contributed by atoms with Crippen LogP contribution < -0.4 is 4.90 Å². The molecule has 10 heteroatoms. The first-order valence-corrected chi connectivity index (χ1v) is 11.7. The smallest absolute Gasteiger partial charge is 0.353 e. The van der Waals surface area contributed by atoms with E-state index in [1.54, 1.807) is 11.1 Å². The average Bonchev–Trinajstić information content (AvgIpc) is 3.32. The maximum Gasteiger partial charge on any atom is 0.417 e. The van der Waals surface area contributed by atoms with Crippen molar-refractivity contribution in [3.05, 3.63) is 72.1 Å². The number of rotatable bonds is 4. The molecule has 1 aliphatic heterocycles.